The van der Waals surface area contributed by atoms with E-state index in [9.17, 15) is 23.2 Å². The molecule has 4 N–H and O–H groups in total. The lowest BCUT2D eigenvalue weighted by Gasteiger charge is -2.30. The molecular formula is C21H20F3N7O3. The molecule has 10 nitrogen and oxygen atoms in total. The van der Waals surface area contributed by atoms with E-state index in [4.69, 9.17) is 15.6 Å². The standard InChI is InChI=1S/C19H19N7O.C2HF3O2/c20-10-13-4-1-2-6-16(13)23-18(27)17-8-7-15-11-22-19(24-26(15)17)25-9-3-5-14(21)12-25;3-2(4,5)1(6)7/h1-2,4,6-8,11,14H,3,5,9,12,21H2,(H,23,27);(H,6,7)/t14-;/m1./s1. The van der Waals surface area contributed by atoms with Crippen molar-refractivity contribution in [1.82, 2.24) is 14.6 Å². The fraction of sp³-hybridized carbons (Fsp3) is 0.286. The number of nitrogens with zero attached hydrogens (tertiary/aromatic N) is 5. The number of aromatic nitrogens is 3. The molecule has 0 unspecified atom stereocenters. The first-order valence-electron chi connectivity index (χ1n) is 10.1. The quantitative estimate of drug-likeness (QED) is 0.523. The zero-order chi connectivity index (χ0) is 24.9. The number of nitrogens with two attached hydrogens (primary N) is 1. The third-order valence-electron chi connectivity index (χ3n) is 4.90. The molecule has 1 fully saturated rings. The summed E-state index contributed by atoms with van der Waals surface area (Å²) in [7, 11) is 0. The largest absolute Gasteiger partial charge is 0.490 e. The highest BCUT2D eigenvalue weighted by Gasteiger charge is 2.38. The molecule has 1 aromatic carbocycles. The Morgan fingerprint density at radius 1 is 1.24 bits per heavy atom. The summed E-state index contributed by atoms with van der Waals surface area (Å²) in [6, 6.07) is 12.5. The van der Waals surface area contributed by atoms with E-state index in [2.05, 4.69) is 21.5 Å². The van der Waals surface area contributed by atoms with Gasteiger partial charge in [0.25, 0.3) is 5.91 Å². The second-order valence-electron chi connectivity index (χ2n) is 7.38. The van der Waals surface area contributed by atoms with Crippen molar-refractivity contribution in [3.05, 3.63) is 53.9 Å². The van der Waals surface area contributed by atoms with Crippen molar-refractivity contribution in [3.63, 3.8) is 0 Å². The second-order valence-corrected chi connectivity index (χ2v) is 7.38. The number of amides is 1. The van der Waals surface area contributed by atoms with Crippen LogP contribution in [0.25, 0.3) is 5.52 Å². The number of benzene rings is 1. The number of aliphatic carboxylic acids is 1. The molecule has 3 heterocycles. The molecular weight excluding hydrogens is 455 g/mol. The topological polar surface area (TPSA) is 150 Å². The molecule has 1 saturated heterocycles. The number of halogens is 3. The number of carboxylic acids is 1. The Morgan fingerprint density at radius 2 is 1.94 bits per heavy atom. The highest BCUT2D eigenvalue weighted by molar-refractivity contribution is 6.04. The Hall–Kier alpha value is -4.18. The number of nitrogens with one attached hydrogen (secondary N) is 1. The van der Waals surface area contributed by atoms with Gasteiger partial charge in [-0.2, -0.15) is 18.4 Å². The van der Waals surface area contributed by atoms with Crippen molar-refractivity contribution in [2.24, 2.45) is 5.73 Å². The van der Waals surface area contributed by atoms with E-state index in [-0.39, 0.29) is 11.9 Å². The summed E-state index contributed by atoms with van der Waals surface area (Å²) in [6.45, 7) is 1.54. The van der Waals surface area contributed by atoms with E-state index in [0.717, 1.165) is 24.9 Å². The molecule has 0 spiro atoms. The summed E-state index contributed by atoms with van der Waals surface area (Å²) in [5.74, 6) is -2.54. The smallest absolute Gasteiger partial charge is 0.475 e. The van der Waals surface area contributed by atoms with Crippen LogP contribution in [-0.4, -0.2) is 56.9 Å². The van der Waals surface area contributed by atoms with Crippen molar-refractivity contribution in [2.45, 2.75) is 25.1 Å². The lowest BCUT2D eigenvalue weighted by molar-refractivity contribution is -0.192. The van der Waals surface area contributed by atoms with Gasteiger partial charge in [-0.3, -0.25) is 4.79 Å². The predicted molar refractivity (Wildman–Crippen MR) is 115 cm³/mol. The summed E-state index contributed by atoms with van der Waals surface area (Å²) >= 11 is 0. The third-order valence-corrected chi connectivity index (χ3v) is 4.90. The molecule has 0 aliphatic carbocycles. The van der Waals surface area contributed by atoms with Gasteiger partial charge in [-0.15, -0.1) is 5.10 Å². The monoisotopic (exact) mass is 475 g/mol. The zero-order valence-corrected chi connectivity index (χ0v) is 17.7. The summed E-state index contributed by atoms with van der Waals surface area (Å²) in [5.41, 5.74) is 8.03. The minimum absolute atomic E-state index is 0.105. The molecule has 1 aliphatic heterocycles. The SMILES string of the molecule is N#Cc1ccccc1NC(=O)c1ccc2cnc(N3CCC[C@@H](N)C3)nn12.O=C(O)C(F)(F)F. The first kappa shape index (κ1) is 24.5. The van der Waals surface area contributed by atoms with Crippen LogP contribution in [0.15, 0.2) is 42.6 Å². The number of alkyl halides is 3. The van der Waals surface area contributed by atoms with Crippen LogP contribution in [0.4, 0.5) is 24.8 Å². The summed E-state index contributed by atoms with van der Waals surface area (Å²) in [6.07, 6.45) is -1.40. The molecule has 0 saturated carbocycles. The van der Waals surface area contributed by atoms with E-state index in [1.807, 2.05) is 4.90 Å². The number of fused-ring (bicyclic) bond motifs is 1. The third kappa shape index (κ3) is 5.78. The van der Waals surface area contributed by atoms with Crippen LogP contribution >= 0.6 is 0 Å². The Kier molecular flexibility index (Phi) is 7.32. The Labute approximate surface area is 191 Å². The number of rotatable bonds is 3. The van der Waals surface area contributed by atoms with Crippen molar-refractivity contribution in [1.29, 1.82) is 5.26 Å². The van der Waals surface area contributed by atoms with Gasteiger partial charge in [0.05, 0.1) is 23.0 Å². The summed E-state index contributed by atoms with van der Waals surface area (Å²) in [5, 5.41) is 23.7. The molecule has 4 rings (SSSR count). The van der Waals surface area contributed by atoms with Crippen LogP contribution in [0.3, 0.4) is 0 Å². The van der Waals surface area contributed by atoms with E-state index in [0.29, 0.717) is 29.4 Å². The van der Waals surface area contributed by atoms with E-state index in [1.165, 1.54) is 0 Å². The van der Waals surface area contributed by atoms with Crippen LogP contribution in [0.1, 0.15) is 28.9 Å². The zero-order valence-electron chi connectivity index (χ0n) is 17.7. The van der Waals surface area contributed by atoms with Crippen LogP contribution in [0.2, 0.25) is 0 Å². The average molecular weight is 475 g/mol. The molecule has 2 aromatic heterocycles. The number of para-hydroxylation sites is 1. The Balaban J connectivity index is 0.000000406. The van der Waals surface area contributed by atoms with Crippen molar-refractivity contribution in [3.8, 4) is 6.07 Å². The number of nitriles is 1. The van der Waals surface area contributed by atoms with E-state index < -0.39 is 12.1 Å². The van der Waals surface area contributed by atoms with Crippen LogP contribution in [0, 0.1) is 11.3 Å². The molecule has 0 radical (unpaired) electrons. The lowest BCUT2D eigenvalue weighted by atomic mass is 10.1. The van der Waals surface area contributed by atoms with Crippen LogP contribution in [-0.2, 0) is 4.79 Å². The van der Waals surface area contributed by atoms with Gasteiger partial charge in [0.15, 0.2) is 0 Å². The Morgan fingerprint density at radius 3 is 2.59 bits per heavy atom. The number of piperidine rings is 1. The first-order valence-corrected chi connectivity index (χ1v) is 10.1. The molecule has 3 aromatic rings. The number of carbonyl (C=O) groups excluding carboxylic acids is 1. The maximum Gasteiger partial charge on any atom is 0.490 e. The van der Waals surface area contributed by atoms with Gasteiger partial charge in [-0.05, 0) is 37.1 Å². The summed E-state index contributed by atoms with van der Waals surface area (Å²) < 4.78 is 33.3. The molecule has 1 amide bonds. The van der Waals surface area contributed by atoms with Gasteiger partial charge in [0, 0.05) is 19.1 Å². The second kappa shape index (κ2) is 10.2. The van der Waals surface area contributed by atoms with Gasteiger partial charge in [0.2, 0.25) is 5.95 Å². The fourth-order valence-electron chi connectivity index (χ4n) is 3.28. The number of carbonyl (C=O) groups is 2. The van der Waals surface area contributed by atoms with Crippen LogP contribution in [0.5, 0.6) is 0 Å². The number of hydrogen-bond donors (Lipinski definition) is 3. The van der Waals surface area contributed by atoms with E-state index in [1.54, 1.807) is 47.1 Å². The van der Waals surface area contributed by atoms with Gasteiger partial charge in [-0.1, -0.05) is 12.1 Å². The van der Waals surface area contributed by atoms with Crippen LogP contribution < -0.4 is 16.0 Å². The van der Waals surface area contributed by atoms with Crippen molar-refractivity contribution in [2.75, 3.05) is 23.3 Å². The molecule has 13 heteroatoms. The number of anilines is 2. The van der Waals surface area contributed by atoms with E-state index >= 15 is 0 Å². The highest BCUT2D eigenvalue weighted by Crippen LogP contribution is 2.19. The predicted octanol–water partition coefficient (Wildman–Crippen LogP) is 2.41. The number of carboxylic acid groups (broad SMARTS) is 1. The highest BCUT2D eigenvalue weighted by atomic mass is 19.4. The minimum atomic E-state index is -5.08. The molecule has 1 aliphatic rings. The molecule has 0 bridgehead atoms. The van der Waals surface area contributed by atoms with Crippen molar-refractivity contribution < 1.29 is 27.9 Å². The molecule has 1 atom stereocenters. The summed E-state index contributed by atoms with van der Waals surface area (Å²) in [4.78, 5) is 28.1. The van der Waals surface area contributed by atoms with Crippen molar-refractivity contribution >= 4 is 29.0 Å². The molecule has 34 heavy (non-hydrogen) atoms. The Bertz CT molecular complexity index is 1240. The van der Waals surface area contributed by atoms with Gasteiger partial charge < -0.3 is 21.1 Å². The number of hydrogen-bond acceptors (Lipinski definition) is 7. The van der Waals surface area contributed by atoms with Gasteiger partial charge >= 0.3 is 12.1 Å². The van der Waals surface area contributed by atoms with Gasteiger partial charge in [-0.25, -0.2) is 14.3 Å². The fourth-order valence-corrected chi connectivity index (χ4v) is 3.28. The lowest BCUT2D eigenvalue weighted by Crippen LogP contribution is -2.43. The maximum atomic E-state index is 12.8. The molecule has 178 valence electrons. The minimum Gasteiger partial charge on any atom is -0.475 e. The first-order chi connectivity index (χ1) is 16.1. The average Bonchev–Trinajstić information content (AvgIpc) is 3.22. The maximum absolute atomic E-state index is 12.8. The normalized spacial score (nSPS) is 15.7. The van der Waals surface area contributed by atoms with Gasteiger partial charge in [0.1, 0.15) is 11.8 Å².